The van der Waals surface area contributed by atoms with Gasteiger partial charge in [0.2, 0.25) is 0 Å². The average Bonchev–Trinajstić information content (AvgIpc) is 3.39. The maximum absolute atomic E-state index is 13.9. The van der Waals surface area contributed by atoms with Gasteiger partial charge >= 0.3 is 5.97 Å². The SMILES string of the molecule is CCC(OC(=O)c1c2c(nc3ccccc13)CCN(Cc1ccccc1)C2)C(=O)N1CCc2ccccc21. The van der Waals surface area contributed by atoms with Crippen molar-refractivity contribution in [3.63, 3.8) is 0 Å². The van der Waals surface area contributed by atoms with Crippen molar-refractivity contribution in [2.24, 2.45) is 0 Å². The van der Waals surface area contributed by atoms with Gasteiger partial charge < -0.3 is 9.64 Å². The van der Waals surface area contributed by atoms with Crippen molar-refractivity contribution >= 4 is 28.5 Å². The summed E-state index contributed by atoms with van der Waals surface area (Å²) in [6.45, 7) is 4.77. The highest BCUT2D eigenvalue weighted by atomic mass is 16.5. The van der Waals surface area contributed by atoms with Crippen LogP contribution in [0.5, 0.6) is 0 Å². The van der Waals surface area contributed by atoms with Crippen molar-refractivity contribution < 1.29 is 14.3 Å². The largest absolute Gasteiger partial charge is 0.449 e. The molecule has 38 heavy (non-hydrogen) atoms. The van der Waals surface area contributed by atoms with E-state index in [1.54, 1.807) is 4.90 Å². The zero-order valence-electron chi connectivity index (χ0n) is 21.6. The van der Waals surface area contributed by atoms with Gasteiger partial charge in [0.25, 0.3) is 5.91 Å². The first-order chi connectivity index (χ1) is 18.6. The molecule has 1 amide bonds. The average molecular weight is 506 g/mol. The Morgan fingerprint density at radius 2 is 1.68 bits per heavy atom. The van der Waals surface area contributed by atoms with Crippen LogP contribution in [-0.4, -0.2) is 41.0 Å². The molecule has 2 aliphatic rings. The van der Waals surface area contributed by atoms with E-state index < -0.39 is 12.1 Å². The molecule has 6 rings (SSSR count). The summed E-state index contributed by atoms with van der Waals surface area (Å²) in [6.07, 6.45) is 1.13. The molecule has 1 atom stereocenters. The summed E-state index contributed by atoms with van der Waals surface area (Å²) in [4.78, 5) is 36.4. The smallest absolute Gasteiger partial charge is 0.340 e. The van der Waals surface area contributed by atoms with Crippen LogP contribution in [0.4, 0.5) is 5.69 Å². The zero-order chi connectivity index (χ0) is 26.1. The molecule has 3 heterocycles. The van der Waals surface area contributed by atoms with Crippen LogP contribution in [-0.2, 0) is 35.5 Å². The number of benzene rings is 3. The number of pyridine rings is 1. The minimum absolute atomic E-state index is 0.163. The van der Waals surface area contributed by atoms with Crippen molar-refractivity contribution in [2.75, 3.05) is 18.0 Å². The summed E-state index contributed by atoms with van der Waals surface area (Å²) in [5.41, 5.74) is 6.46. The minimum Gasteiger partial charge on any atom is -0.449 e. The third-order valence-electron chi connectivity index (χ3n) is 7.63. The van der Waals surface area contributed by atoms with E-state index in [0.29, 0.717) is 25.1 Å². The topological polar surface area (TPSA) is 62.7 Å². The summed E-state index contributed by atoms with van der Waals surface area (Å²) in [5, 5.41) is 0.770. The van der Waals surface area contributed by atoms with E-state index in [9.17, 15) is 9.59 Å². The number of para-hydroxylation sites is 2. The second-order valence-corrected chi connectivity index (χ2v) is 10.0. The predicted molar refractivity (Wildman–Crippen MR) is 148 cm³/mol. The Morgan fingerprint density at radius 3 is 2.53 bits per heavy atom. The summed E-state index contributed by atoms with van der Waals surface area (Å²) in [5.74, 6) is -0.613. The van der Waals surface area contributed by atoms with Gasteiger partial charge in [-0.1, -0.05) is 73.7 Å². The highest BCUT2D eigenvalue weighted by Crippen LogP contribution is 2.31. The summed E-state index contributed by atoms with van der Waals surface area (Å²) in [7, 11) is 0. The van der Waals surface area contributed by atoms with Gasteiger partial charge in [0.15, 0.2) is 6.10 Å². The number of amides is 1. The van der Waals surface area contributed by atoms with Crippen molar-refractivity contribution in [1.82, 2.24) is 9.88 Å². The molecule has 0 N–H and O–H groups in total. The fourth-order valence-corrected chi connectivity index (χ4v) is 5.69. The Labute approximate surface area is 222 Å². The molecule has 6 heteroatoms. The highest BCUT2D eigenvalue weighted by Gasteiger charge is 2.33. The lowest BCUT2D eigenvalue weighted by molar-refractivity contribution is -0.127. The van der Waals surface area contributed by atoms with Gasteiger partial charge in [-0.3, -0.25) is 14.7 Å². The Balaban J connectivity index is 1.31. The van der Waals surface area contributed by atoms with Crippen LogP contribution in [0.15, 0.2) is 78.9 Å². The number of hydrogen-bond donors (Lipinski definition) is 0. The maximum atomic E-state index is 13.9. The number of carbonyl (C=O) groups is 2. The molecule has 0 saturated heterocycles. The van der Waals surface area contributed by atoms with Gasteiger partial charge in [0.1, 0.15) is 0 Å². The normalized spacial score (nSPS) is 15.7. The second-order valence-electron chi connectivity index (χ2n) is 10.0. The first kappa shape index (κ1) is 24.3. The second kappa shape index (κ2) is 10.4. The summed E-state index contributed by atoms with van der Waals surface area (Å²) in [6, 6.07) is 26.0. The van der Waals surface area contributed by atoms with Crippen LogP contribution >= 0.6 is 0 Å². The van der Waals surface area contributed by atoms with Crippen molar-refractivity contribution in [3.05, 3.63) is 107 Å². The molecule has 0 bridgehead atoms. The van der Waals surface area contributed by atoms with Gasteiger partial charge in [-0.15, -0.1) is 0 Å². The zero-order valence-corrected chi connectivity index (χ0v) is 21.6. The number of anilines is 1. The van der Waals surface area contributed by atoms with Crippen molar-refractivity contribution in [3.8, 4) is 0 Å². The Hall–Kier alpha value is -4.03. The third-order valence-corrected chi connectivity index (χ3v) is 7.63. The molecule has 0 aliphatic carbocycles. The van der Waals surface area contributed by atoms with E-state index in [1.807, 2.05) is 73.7 Å². The van der Waals surface area contributed by atoms with Gasteiger partial charge in [0.05, 0.1) is 11.1 Å². The highest BCUT2D eigenvalue weighted by molar-refractivity contribution is 6.07. The number of aromatic nitrogens is 1. The van der Waals surface area contributed by atoms with Gasteiger partial charge in [-0.2, -0.15) is 0 Å². The van der Waals surface area contributed by atoms with Crippen LogP contribution in [0.2, 0.25) is 0 Å². The van der Waals surface area contributed by atoms with Crippen molar-refractivity contribution in [2.45, 2.75) is 45.4 Å². The van der Waals surface area contributed by atoms with E-state index in [0.717, 1.165) is 59.3 Å². The van der Waals surface area contributed by atoms with Gasteiger partial charge in [-0.05, 0) is 36.1 Å². The lowest BCUT2D eigenvalue weighted by atomic mass is 9.95. The fraction of sp³-hybridized carbons (Fsp3) is 0.281. The molecule has 1 aromatic heterocycles. The summed E-state index contributed by atoms with van der Waals surface area (Å²) >= 11 is 0. The molecule has 192 valence electrons. The Kier molecular flexibility index (Phi) is 6.64. The van der Waals surface area contributed by atoms with E-state index in [-0.39, 0.29) is 5.91 Å². The third kappa shape index (κ3) is 4.56. The Morgan fingerprint density at radius 1 is 0.921 bits per heavy atom. The molecular weight excluding hydrogens is 474 g/mol. The van der Waals surface area contributed by atoms with Crippen LogP contribution in [0.1, 0.15) is 46.1 Å². The van der Waals surface area contributed by atoms with Gasteiger partial charge in [0, 0.05) is 54.9 Å². The predicted octanol–water partition coefficient (Wildman–Crippen LogP) is 5.32. The van der Waals surface area contributed by atoms with Crippen LogP contribution in [0.3, 0.4) is 0 Å². The molecule has 0 spiro atoms. The lowest BCUT2D eigenvalue weighted by Crippen LogP contribution is -2.40. The van der Waals surface area contributed by atoms with E-state index in [4.69, 9.17) is 9.72 Å². The van der Waals surface area contributed by atoms with Crippen LogP contribution in [0.25, 0.3) is 10.9 Å². The number of rotatable bonds is 6. The Bertz CT molecular complexity index is 1500. The number of esters is 1. The molecule has 4 aromatic rings. The first-order valence-electron chi connectivity index (χ1n) is 13.4. The number of fused-ring (bicyclic) bond motifs is 3. The van der Waals surface area contributed by atoms with Crippen LogP contribution in [0, 0.1) is 0 Å². The van der Waals surface area contributed by atoms with Crippen molar-refractivity contribution in [1.29, 1.82) is 0 Å². The molecule has 0 radical (unpaired) electrons. The quantitative estimate of drug-likeness (QED) is 0.332. The molecule has 2 aliphatic heterocycles. The molecule has 6 nitrogen and oxygen atoms in total. The molecule has 1 unspecified atom stereocenters. The first-order valence-corrected chi connectivity index (χ1v) is 13.4. The van der Waals surface area contributed by atoms with Gasteiger partial charge in [-0.25, -0.2) is 4.79 Å². The monoisotopic (exact) mass is 505 g/mol. The van der Waals surface area contributed by atoms with E-state index in [2.05, 4.69) is 17.0 Å². The van der Waals surface area contributed by atoms with E-state index >= 15 is 0 Å². The lowest BCUT2D eigenvalue weighted by Gasteiger charge is -2.30. The van der Waals surface area contributed by atoms with Crippen LogP contribution < -0.4 is 4.90 Å². The number of ether oxygens (including phenoxy) is 1. The van der Waals surface area contributed by atoms with E-state index in [1.165, 1.54) is 5.56 Å². The minimum atomic E-state index is -0.847. The number of hydrogen-bond acceptors (Lipinski definition) is 5. The molecule has 0 saturated carbocycles. The standard InChI is InChI=1S/C32H31N3O3/c1-2-29(31(36)35-19-16-23-12-6-9-15-28(23)35)38-32(37)30-24-13-7-8-14-26(24)33-27-17-18-34(21-25(27)30)20-22-10-4-3-5-11-22/h3-15,29H,2,16-21H2,1H3. The maximum Gasteiger partial charge on any atom is 0.340 e. The number of nitrogens with zero attached hydrogens (tertiary/aromatic N) is 3. The molecular formula is C32H31N3O3. The molecule has 0 fully saturated rings. The summed E-state index contributed by atoms with van der Waals surface area (Å²) < 4.78 is 6.03. The fourth-order valence-electron chi connectivity index (χ4n) is 5.69. The molecule has 3 aromatic carbocycles. The number of carbonyl (C=O) groups excluding carboxylic acids is 2.